The van der Waals surface area contributed by atoms with Gasteiger partial charge in [-0.2, -0.15) is 0 Å². The van der Waals surface area contributed by atoms with Crippen molar-refractivity contribution >= 4 is 25.1 Å². The number of methoxy groups -OCH3 is 2. The molecule has 0 aliphatic rings. The van der Waals surface area contributed by atoms with E-state index < -0.39 is 8.32 Å². The Kier molecular flexibility index (Phi) is 11.2. The lowest BCUT2D eigenvalue weighted by Gasteiger charge is -2.40. The smallest absolute Gasteiger partial charge is 0.268 e. The number of hydrogen-bond donors (Lipinski definition) is 5. The van der Waals surface area contributed by atoms with E-state index >= 15 is 0 Å². The SMILES string of the molecule is COc1cccc(OC)c1CNC(=O)c1cc2cc(C[C@@H](C)NC[C@@H](O[Si](C)(C)C(C)(C)C)c3ccc(O)c(CO)c3)ccc2[nH]1. The van der Waals surface area contributed by atoms with Crippen LogP contribution in [0.2, 0.25) is 18.1 Å². The molecule has 0 aliphatic heterocycles. The number of aromatic hydroxyl groups is 1. The fraction of sp³-hybridized carbons (Fsp3) is 0.417. The second kappa shape index (κ2) is 14.7. The lowest BCUT2D eigenvalue weighted by molar-refractivity contribution is 0.0946. The van der Waals surface area contributed by atoms with Gasteiger partial charge in [-0.1, -0.05) is 39.0 Å². The Balaban J connectivity index is 1.43. The molecule has 0 unspecified atom stereocenters. The van der Waals surface area contributed by atoms with Crippen LogP contribution >= 0.6 is 0 Å². The average Bonchev–Trinajstić information content (AvgIpc) is 3.45. The lowest BCUT2D eigenvalue weighted by atomic mass is 10.0. The summed E-state index contributed by atoms with van der Waals surface area (Å²) in [6.07, 6.45) is 0.541. The molecule has 0 radical (unpaired) electrons. The van der Waals surface area contributed by atoms with Crippen LogP contribution < -0.4 is 20.1 Å². The van der Waals surface area contributed by atoms with Gasteiger partial charge in [0.1, 0.15) is 22.9 Å². The summed E-state index contributed by atoms with van der Waals surface area (Å²) in [5, 5.41) is 27.5. The molecule has 4 rings (SSSR count). The molecular formula is C36H49N3O6Si. The third-order valence-corrected chi connectivity index (χ3v) is 13.5. The van der Waals surface area contributed by atoms with E-state index in [1.165, 1.54) is 0 Å². The predicted octanol–water partition coefficient (Wildman–Crippen LogP) is 6.60. The van der Waals surface area contributed by atoms with Gasteiger partial charge < -0.3 is 39.7 Å². The number of benzene rings is 3. The quantitative estimate of drug-likeness (QED) is 0.0978. The van der Waals surface area contributed by atoms with Crippen LogP contribution in [0.5, 0.6) is 17.2 Å². The normalized spacial score (nSPS) is 13.4. The van der Waals surface area contributed by atoms with Crippen molar-refractivity contribution in [3.63, 3.8) is 0 Å². The third-order valence-electron chi connectivity index (χ3n) is 8.97. The first-order valence-electron chi connectivity index (χ1n) is 15.7. The number of fused-ring (bicyclic) bond motifs is 1. The number of ether oxygens (including phenoxy) is 2. The Morgan fingerprint density at radius 1 is 1.00 bits per heavy atom. The van der Waals surface area contributed by atoms with Crippen LogP contribution in [0, 0.1) is 0 Å². The molecule has 2 atom stereocenters. The number of aromatic amines is 1. The van der Waals surface area contributed by atoms with E-state index in [-0.39, 0.29) is 42.0 Å². The summed E-state index contributed by atoms with van der Waals surface area (Å²) in [5.41, 5.74) is 4.70. The molecule has 3 aromatic carbocycles. The molecule has 46 heavy (non-hydrogen) atoms. The van der Waals surface area contributed by atoms with Crippen molar-refractivity contribution in [1.29, 1.82) is 0 Å². The van der Waals surface area contributed by atoms with Crippen LogP contribution in [0.3, 0.4) is 0 Å². The number of carbonyl (C=O) groups is 1. The van der Waals surface area contributed by atoms with E-state index in [0.717, 1.165) is 34.0 Å². The number of aliphatic hydroxyl groups is 1. The number of rotatable bonds is 14. The van der Waals surface area contributed by atoms with E-state index in [0.29, 0.717) is 29.3 Å². The van der Waals surface area contributed by atoms with Crippen molar-refractivity contribution in [3.8, 4) is 17.2 Å². The Labute approximate surface area is 273 Å². The minimum atomic E-state index is -2.12. The van der Waals surface area contributed by atoms with Gasteiger partial charge >= 0.3 is 0 Å². The minimum Gasteiger partial charge on any atom is -0.508 e. The zero-order valence-electron chi connectivity index (χ0n) is 28.3. The predicted molar refractivity (Wildman–Crippen MR) is 185 cm³/mol. The molecule has 0 aliphatic carbocycles. The Bertz CT molecular complexity index is 1620. The van der Waals surface area contributed by atoms with Gasteiger partial charge in [-0.25, -0.2) is 0 Å². The number of aliphatic hydroxyl groups excluding tert-OH is 1. The summed E-state index contributed by atoms with van der Waals surface area (Å²) in [6.45, 7) is 13.9. The highest BCUT2D eigenvalue weighted by atomic mass is 28.4. The number of carbonyl (C=O) groups excluding carboxylic acids is 1. The monoisotopic (exact) mass is 647 g/mol. The van der Waals surface area contributed by atoms with Gasteiger partial charge in [0.25, 0.3) is 5.91 Å². The maximum absolute atomic E-state index is 13.1. The van der Waals surface area contributed by atoms with Gasteiger partial charge in [0.05, 0.1) is 39.0 Å². The first-order valence-corrected chi connectivity index (χ1v) is 18.6. The van der Waals surface area contributed by atoms with E-state index in [2.05, 4.69) is 68.5 Å². The largest absolute Gasteiger partial charge is 0.508 e. The van der Waals surface area contributed by atoms with E-state index in [9.17, 15) is 15.0 Å². The number of amides is 1. The molecule has 1 heterocycles. The highest BCUT2D eigenvalue weighted by Gasteiger charge is 2.39. The van der Waals surface area contributed by atoms with E-state index in [4.69, 9.17) is 13.9 Å². The second-order valence-corrected chi connectivity index (χ2v) is 18.1. The molecule has 0 saturated carbocycles. The molecule has 0 bridgehead atoms. The Morgan fingerprint density at radius 2 is 1.70 bits per heavy atom. The summed E-state index contributed by atoms with van der Waals surface area (Å²) in [4.78, 5) is 16.3. The molecule has 248 valence electrons. The number of aromatic nitrogens is 1. The van der Waals surface area contributed by atoms with E-state index in [1.807, 2.05) is 42.5 Å². The minimum absolute atomic E-state index is 0.0244. The van der Waals surface area contributed by atoms with Gasteiger partial charge in [0.2, 0.25) is 0 Å². The van der Waals surface area contributed by atoms with Crippen LogP contribution in [-0.2, 0) is 24.0 Å². The number of hydrogen-bond acceptors (Lipinski definition) is 7. The molecule has 1 amide bonds. The van der Waals surface area contributed by atoms with Crippen molar-refractivity contribution < 1.29 is 28.9 Å². The van der Waals surface area contributed by atoms with Crippen LogP contribution in [0.4, 0.5) is 0 Å². The fourth-order valence-electron chi connectivity index (χ4n) is 5.22. The molecular weight excluding hydrogens is 598 g/mol. The number of nitrogens with one attached hydrogen (secondary N) is 3. The molecule has 5 N–H and O–H groups in total. The van der Waals surface area contributed by atoms with Crippen molar-refractivity contribution in [2.75, 3.05) is 20.8 Å². The van der Waals surface area contributed by atoms with Gasteiger partial charge in [0, 0.05) is 29.1 Å². The van der Waals surface area contributed by atoms with Gasteiger partial charge in [-0.3, -0.25) is 4.79 Å². The zero-order chi connectivity index (χ0) is 33.6. The van der Waals surface area contributed by atoms with Gasteiger partial charge in [0.15, 0.2) is 8.32 Å². The summed E-state index contributed by atoms with van der Waals surface area (Å²) in [6, 6.07) is 19.1. The van der Waals surface area contributed by atoms with Crippen LogP contribution in [-0.4, -0.2) is 56.2 Å². The van der Waals surface area contributed by atoms with Crippen molar-refractivity contribution in [1.82, 2.24) is 15.6 Å². The molecule has 0 saturated heterocycles. The zero-order valence-corrected chi connectivity index (χ0v) is 29.3. The lowest BCUT2D eigenvalue weighted by Crippen LogP contribution is -2.44. The molecule has 4 aromatic rings. The second-order valence-electron chi connectivity index (χ2n) is 13.4. The summed E-state index contributed by atoms with van der Waals surface area (Å²) < 4.78 is 17.7. The summed E-state index contributed by atoms with van der Waals surface area (Å²) in [5.74, 6) is 1.17. The average molecular weight is 648 g/mol. The van der Waals surface area contributed by atoms with Crippen LogP contribution in [0.25, 0.3) is 10.9 Å². The Hall–Kier alpha value is -3.83. The number of phenols is 1. The first-order chi connectivity index (χ1) is 21.8. The maximum atomic E-state index is 13.1. The van der Waals surface area contributed by atoms with Gasteiger partial charge in [-0.15, -0.1) is 0 Å². The standard InChI is InChI=1S/C36H49N3O6Si/c1-23(37-21-34(45-46(7,8)36(2,3)4)25-13-15-31(41)27(18-25)22-40)16-24-12-14-29-26(17-24)19-30(39-29)35(42)38-20-28-32(43-5)10-9-11-33(28)44-6/h9-15,17-19,23,34,37,39-41H,16,20-22H2,1-8H3,(H,38,42)/t23-,34-/m1/s1. The highest BCUT2D eigenvalue weighted by molar-refractivity contribution is 6.74. The van der Waals surface area contributed by atoms with Crippen LogP contribution in [0.15, 0.2) is 60.7 Å². The highest BCUT2D eigenvalue weighted by Crippen LogP contribution is 2.40. The first kappa shape index (κ1) is 35.0. The maximum Gasteiger partial charge on any atom is 0.268 e. The molecule has 0 spiro atoms. The van der Waals surface area contributed by atoms with Crippen molar-refractivity contribution in [2.24, 2.45) is 0 Å². The third kappa shape index (κ3) is 8.30. The van der Waals surface area contributed by atoms with Crippen molar-refractivity contribution in [2.45, 2.75) is 77.5 Å². The summed E-state index contributed by atoms with van der Waals surface area (Å²) in [7, 11) is 1.06. The molecule has 9 nitrogen and oxygen atoms in total. The van der Waals surface area contributed by atoms with Crippen molar-refractivity contribution in [3.05, 3.63) is 88.6 Å². The van der Waals surface area contributed by atoms with Crippen LogP contribution in [0.1, 0.15) is 66.5 Å². The number of H-pyrrole nitrogens is 1. The van der Waals surface area contributed by atoms with Gasteiger partial charge in [-0.05, 0) is 85.1 Å². The fourth-order valence-corrected chi connectivity index (χ4v) is 6.51. The summed E-state index contributed by atoms with van der Waals surface area (Å²) >= 11 is 0. The van der Waals surface area contributed by atoms with E-state index in [1.54, 1.807) is 20.3 Å². The topological polar surface area (TPSA) is 125 Å². The Morgan fingerprint density at radius 3 is 2.33 bits per heavy atom. The molecule has 1 aromatic heterocycles. The molecule has 0 fully saturated rings. The molecule has 10 heteroatoms.